The maximum atomic E-state index is 11.5. The zero-order valence-electron chi connectivity index (χ0n) is 29.1. The molecule has 0 amide bonds. The van der Waals surface area contributed by atoms with E-state index in [4.69, 9.17) is 10.2 Å². The first-order valence-corrected chi connectivity index (χ1v) is 16.5. The van der Waals surface area contributed by atoms with Crippen molar-refractivity contribution in [2.75, 3.05) is 7.11 Å². The van der Waals surface area contributed by atoms with E-state index in [0.29, 0.717) is 38.9 Å². The molecule has 1 atom stereocenters. The number of aryl methyl sites for hydroxylation is 3. The molecular weight excluding hydrogens is 678 g/mol. The second-order valence-electron chi connectivity index (χ2n) is 12.2. The van der Waals surface area contributed by atoms with Crippen molar-refractivity contribution in [2.45, 2.75) is 52.9 Å². The van der Waals surface area contributed by atoms with Crippen LogP contribution in [0.4, 0.5) is 0 Å². The lowest BCUT2D eigenvalue weighted by Gasteiger charge is -2.11. The van der Waals surface area contributed by atoms with E-state index in [1.54, 1.807) is 36.4 Å². The van der Waals surface area contributed by atoms with Crippen LogP contribution in [0.5, 0.6) is 0 Å². The van der Waals surface area contributed by atoms with E-state index in [0.717, 1.165) is 22.1 Å². The van der Waals surface area contributed by atoms with Crippen molar-refractivity contribution in [3.63, 3.8) is 0 Å². The van der Waals surface area contributed by atoms with E-state index in [1.807, 2.05) is 59.7 Å². The van der Waals surface area contributed by atoms with Gasteiger partial charge >= 0.3 is 5.97 Å². The molecule has 3 aromatic heterocycles. The molecule has 0 bridgehead atoms. The SMILES string of the molecule is CC(C)(C)S(N)=O.COC(=O)c1n[nH]c(=O)c2ccc(C)cc12.Cc1ccc2c(=O)[nH]nc(C=O)c2c1.Cc1ccc2c(=O)[nH]nc(CO)c2c1. The number of esters is 1. The van der Waals surface area contributed by atoms with Crippen molar-refractivity contribution in [1.29, 1.82) is 0 Å². The fourth-order valence-corrected chi connectivity index (χ4v) is 4.37. The molecule has 0 aliphatic heterocycles. The summed E-state index contributed by atoms with van der Waals surface area (Å²) in [6, 6.07) is 16.0. The fourth-order valence-electron chi connectivity index (χ4n) is 4.37. The number of aliphatic hydroxyl groups excluding tert-OH is 1. The summed E-state index contributed by atoms with van der Waals surface area (Å²) < 4.78 is 14.7. The lowest BCUT2D eigenvalue weighted by molar-refractivity contribution is 0.0595. The Morgan fingerprint density at radius 2 is 1.18 bits per heavy atom. The summed E-state index contributed by atoms with van der Waals surface area (Å²) in [6.07, 6.45) is 0.637. The first-order valence-electron chi connectivity index (χ1n) is 15.3. The summed E-state index contributed by atoms with van der Waals surface area (Å²) in [4.78, 5) is 56.3. The van der Waals surface area contributed by atoms with Gasteiger partial charge in [0.1, 0.15) is 5.69 Å². The van der Waals surface area contributed by atoms with Gasteiger partial charge in [-0.05, 0) is 77.9 Å². The maximum Gasteiger partial charge on any atom is 0.359 e. The summed E-state index contributed by atoms with van der Waals surface area (Å²) in [5.41, 5.74) is 3.07. The molecule has 0 aliphatic rings. The number of carbonyl (C=O) groups excluding carboxylic acids is 2. The molecule has 0 aliphatic carbocycles. The molecular formula is C35H39N7O8S. The number of H-pyrrole nitrogens is 3. The van der Waals surface area contributed by atoms with Crippen molar-refractivity contribution in [2.24, 2.45) is 5.14 Å². The second kappa shape index (κ2) is 17.3. The highest BCUT2D eigenvalue weighted by Gasteiger charge is 2.15. The van der Waals surface area contributed by atoms with Gasteiger partial charge in [-0.25, -0.2) is 24.3 Å². The van der Waals surface area contributed by atoms with E-state index < -0.39 is 17.0 Å². The normalized spacial score (nSPS) is 11.3. The van der Waals surface area contributed by atoms with Gasteiger partial charge in [-0.1, -0.05) is 34.9 Å². The van der Waals surface area contributed by atoms with Crippen LogP contribution in [0.2, 0.25) is 0 Å². The first-order chi connectivity index (χ1) is 24.0. The van der Waals surface area contributed by atoms with Crippen molar-refractivity contribution in [3.05, 3.63) is 119 Å². The van der Waals surface area contributed by atoms with E-state index in [9.17, 15) is 28.2 Å². The number of aliphatic hydroxyl groups is 1. The predicted octanol–water partition coefficient (Wildman–Crippen LogP) is 3.19. The minimum Gasteiger partial charge on any atom is -0.464 e. The number of ether oxygens (including phenoxy) is 1. The third-order valence-corrected chi connectivity index (χ3v) is 8.39. The molecule has 15 nitrogen and oxygen atoms in total. The van der Waals surface area contributed by atoms with Gasteiger partial charge in [0.05, 0.1) is 51.3 Å². The summed E-state index contributed by atoms with van der Waals surface area (Å²) >= 11 is 0. The number of hydrogen-bond donors (Lipinski definition) is 5. The molecule has 6 aromatic rings. The third kappa shape index (κ3) is 10.2. The first kappa shape index (κ1) is 39.7. The highest BCUT2D eigenvalue weighted by molar-refractivity contribution is 7.84. The van der Waals surface area contributed by atoms with Crippen LogP contribution in [-0.2, 0) is 22.3 Å². The van der Waals surface area contributed by atoms with E-state index in [1.165, 1.54) is 7.11 Å². The molecule has 0 radical (unpaired) electrons. The number of rotatable bonds is 3. The Balaban J connectivity index is 0.000000190. The molecule has 3 heterocycles. The second-order valence-corrected chi connectivity index (χ2v) is 14.0. The van der Waals surface area contributed by atoms with Gasteiger partial charge in [0.2, 0.25) is 0 Å². The summed E-state index contributed by atoms with van der Waals surface area (Å²) in [5.74, 6) is -0.563. The Labute approximate surface area is 293 Å². The number of methoxy groups -OCH3 is 1. The Hall–Kier alpha value is -5.71. The predicted molar refractivity (Wildman–Crippen MR) is 196 cm³/mol. The van der Waals surface area contributed by atoms with Gasteiger partial charge in [-0.15, -0.1) is 0 Å². The molecule has 6 N–H and O–H groups in total. The molecule has 1 unspecified atom stereocenters. The summed E-state index contributed by atoms with van der Waals surface area (Å²) in [6.45, 7) is 11.0. The lowest BCUT2D eigenvalue weighted by Crippen LogP contribution is -2.27. The minimum absolute atomic E-state index is 0.126. The molecule has 268 valence electrons. The van der Waals surface area contributed by atoms with E-state index in [2.05, 4.69) is 35.3 Å². The largest absolute Gasteiger partial charge is 0.464 e. The van der Waals surface area contributed by atoms with Crippen LogP contribution in [0.15, 0.2) is 69.0 Å². The van der Waals surface area contributed by atoms with Crippen molar-refractivity contribution >= 4 is 55.6 Å². The van der Waals surface area contributed by atoms with Gasteiger partial charge in [0, 0.05) is 16.2 Å². The standard InChI is InChI=1S/C11H10N2O3.C10H10N2O2.C10H8N2O2.C4H11NOS/c1-6-3-4-7-8(5-6)9(11(15)16-2)12-13-10(7)14;2*1-6-2-3-7-8(4-6)9(5-13)11-12-10(7)14;1-4(2,3)7(5)6/h3-5H,1-2H3,(H,13,14);2-4,13H,5H2,1H3,(H,12,14);2-5H,1H3,(H,12,14);5H2,1-3H3. The van der Waals surface area contributed by atoms with Gasteiger partial charge in [-0.2, -0.15) is 15.3 Å². The molecule has 0 fully saturated rings. The van der Waals surface area contributed by atoms with Crippen molar-refractivity contribution in [1.82, 2.24) is 30.6 Å². The summed E-state index contributed by atoms with van der Waals surface area (Å²) in [5, 5.41) is 35.4. The number of nitrogens with zero attached hydrogens (tertiary/aromatic N) is 3. The molecule has 0 spiro atoms. The highest BCUT2D eigenvalue weighted by Crippen LogP contribution is 2.17. The Kier molecular flexibility index (Phi) is 13.5. The van der Waals surface area contributed by atoms with Crippen LogP contribution >= 0.6 is 0 Å². The van der Waals surface area contributed by atoms with Crippen molar-refractivity contribution < 1.29 is 23.6 Å². The van der Waals surface area contributed by atoms with Gasteiger partial charge < -0.3 is 9.84 Å². The number of hydrogen-bond acceptors (Lipinski definition) is 11. The van der Waals surface area contributed by atoms with Crippen LogP contribution < -0.4 is 21.8 Å². The van der Waals surface area contributed by atoms with Gasteiger partial charge in [0.25, 0.3) is 16.7 Å². The minimum atomic E-state index is -1.18. The average molecular weight is 718 g/mol. The van der Waals surface area contributed by atoms with Crippen LogP contribution in [0.3, 0.4) is 0 Å². The molecule has 0 saturated carbocycles. The monoisotopic (exact) mass is 717 g/mol. The van der Waals surface area contributed by atoms with Crippen LogP contribution in [-0.4, -0.2) is 64.0 Å². The lowest BCUT2D eigenvalue weighted by atomic mass is 10.1. The number of aromatic amines is 3. The Bertz CT molecular complexity index is 2410. The molecule has 3 aromatic carbocycles. The zero-order chi connectivity index (χ0) is 38.0. The zero-order valence-corrected chi connectivity index (χ0v) is 29.9. The molecule has 0 saturated heterocycles. The Morgan fingerprint density at radius 1 is 0.765 bits per heavy atom. The fraction of sp³-hybridized carbons (Fsp3) is 0.257. The molecule has 51 heavy (non-hydrogen) atoms. The van der Waals surface area contributed by atoms with E-state index >= 15 is 0 Å². The number of nitrogens with two attached hydrogens (primary N) is 1. The number of carbonyl (C=O) groups is 2. The summed E-state index contributed by atoms with van der Waals surface area (Å²) in [7, 11) is 0.0917. The van der Waals surface area contributed by atoms with Crippen molar-refractivity contribution in [3.8, 4) is 0 Å². The van der Waals surface area contributed by atoms with Crippen LogP contribution in [0.25, 0.3) is 32.3 Å². The third-order valence-electron chi connectivity index (χ3n) is 7.18. The van der Waals surface area contributed by atoms with E-state index in [-0.39, 0.29) is 39.4 Å². The highest BCUT2D eigenvalue weighted by atomic mass is 32.2. The quantitative estimate of drug-likeness (QED) is 0.131. The number of aromatic nitrogens is 6. The number of fused-ring (bicyclic) bond motifs is 3. The van der Waals surface area contributed by atoms with Crippen LogP contribution in [0.1, 0.15) is 64.1 Å². The molecule has 6 rings (SSSR count). The molecule has 16 heteroatoms. The number of nitrogens with one attached hydrogen (secondary N) is 3. The number of aldehydes is 1. The maximum absolute atomic E-state index is 11.5. The Morgan fingerprint density at radius 3 is 1.63 bits per heavy atom. The smallest absolute Gasteiger partial charge is 0.359 e. The van der Waals surface area contributed by atoms with Gasteiger partial charge in [-0.3, -0.25) is 24.3 Å². The van der Waals surface area contributed by atoms with Crippen LogP contribution in [0, 0.1) is 20.8 Å². The topological polar surface area (TPSA) is 244 Å². The average Bonchev–Trinajstić information content (AvgIpc) is 3.09. The van der Waals surface area contributed by atoms with Gasteiger partial charge in [0.15, 0.2) is 12.0 Å². The number of benzene rings is 3.